The summed E-state index contributed by atoms with van der Waals surface area (Å²) in [6.07, 6.45) is -0.537. The fourth-order valence-electron chi connectivity index (χ4n) is 1.92. The van der Waals surface area contributed by atoms with Crippen molar-refractivity contribution in [1.29, 1.82) is 0 Å². The molecule has 2 unspecified atom stereocenters. The predicted octanol–water partition coefficient (Wildman–Crippen LogP) is 4.09. The summed E-state index contributed by atoms with van der Waals surface area (Å²) in [4.78, 5) is 12.2. The average molecular weight is 348 g/mol. The van der Waals surface area contributed by atoms with E-state index in [9.17, 15) is 4.79 Å². The van der Waals surface area contributed by atoms with Crippen LogP contribution in [0.25, 0.3) is 0 Å². The number of ether oxygens (including phenoxy) is 1. The van der Waals surface area contributed by atoms with Gasteiger partial charge in [0.25, 0.3) is 5.91 Å². The molecule has 3 nitrogen and oxygen atoms in total. The van der Waals surface area contributed by atoms with Gasteiger partial charge in [-0.2, -0.15) is 0 Å². The summed E-state index contributed by atoms with van der Waals surface area (Å²) in [7, 11) is 0. The van der Waals surface area contributed by atoms with Gasteiger partial charge in [-0.25, -0.2) is 0 Å². The minimum absolute atomic E-state index is 0.0626. The molecule has 0 fully saturated rings. The maximum absolute atomic E-state index is 12.2. The summed E-state index contributed by atoms with van der Waals surface area (Å²) in [5.74, 6) is 0.561. The molecule has 2 atom stereocenters. The zero-order valence-electron chi connectivity index (χ0n) is 12.0. The summed E-state index contributed by atoms with van der Waals surface area (Å²) >= 11 is 3.40. The largest absolute Gasteiger partial charge is 0.481 e. The Morgan fingerprint density at radius 2 is 1.67 bits per heavy atom. The first-order chi connectivity index (χ1) is 10.1. The number of hydrogen-bond donors (Lipinski definition) is 1. The minimum atomic E-state index is -0.537. The van der Waals surface area contributed by atoms with Gasteiger partial charge in [0.15, 0.2) is 6.10 Å². The van der Waals surface area contributed by atoms with Gasteiger partial charge in [0.05, 0.1) is 6.04 Å². The predicted molar refractivity (Wildman–Crippen MR) is 87.2 cm³/mol. The fraction of sp³-hybridized carbons (Fsp3) is 0.235. The standard InChI is InChI=1S/C17H18BrNO2/c1-12(14-8-10-15(18)11-9-14)19-17(20)13(2)21-16-6-4-3-5-7-16/h3-13H,1-2H3,(H,19,20). The molecule has 4 heteroatoms. The van der Waals surface area contributed by atoms with Crippen LogP contribution >= 0.6 is 15.9 Å². The summed E-state index contributed by atoms with van der Waals surface area (Å²) in [5, 5.41) is 2.96. The first-order valence-electron chi connectivity index (χ1n) is 6.84. The molecular formula is C17H18BrNO2. The van der Waals surface area contributed by atoms with E-state index in [0.29, 0.717) is 5.75 Å². The van der Waals surface area contributed by atoms with Gasteiger partial charge >= 0.3 is 0 Å². The SMILES string of the molecule is CC(Oc1ccccc1)C(=O)NC(C)c1ccc(Br)cc1. The Labute approximate surface area is 133 Å². The van der Waals surface area contributed by atoms with Crippen LogP contribution in [0.2, 0.25) is 0 Å². The lowest BCUT2D eigenvalue weighted by Gasteiger charge is -2.19. The summed E-state index contributed by atoms with van der Waals surface area (Å²) in [5.41, 5.74) is 1.05. The molecule has 21 heavy (non-hydrogen) atoms. The molecule has 0 bridgehead atoms. The van der Waals surface area contributed by atoms with Crippen molar-refractivity contribution in [1.82, 2.24) is 5.32 Å². The lowest BCUT2D eigenvalue weighted by molar-refractivity contribution is -0.127. The molecule has 0 aromatic heterocycles. The third-order valence-electron chi connectivity index (χ3n) is 3.15. The molecule has 0 aliphatic carbocycles. The maximum Gasteiger partial charge on any atom is 0.261 e. The second-order valence-electron chi connectivity index (χ2n) is 4.85. The van der Waals surface area contributed by atoms with E-state index in [2.05, 4.69) is 21.2 Å². The van der Waals surface area contributed by atoms with Crippen molar-refractivity contribution >= 4 is 21.8 Å². The van der Waals surface area contributed by atoms with E-state index >= 15 is 0 Å². The van der Waals surface area contributed by atoms with Gasteiger partial charge in [-0.15, -0.1) is 0 Å². The first-order valence-corrected chi connectivity index (χ1v) is 7.63. The number of benzene rings is 2. The normalized spacial score (nSPS) is 13.3. The van der Waals surface area contributed by atoms with E-state index in [-0.39, 0.29) is 11.9 Å². The van der Waals surface area contributed by atoms with Gasteiger partial charge in [0.2, 0.25) is 0 Å². The van der Waals surface area contributed by atoms with Crippen LogP contribution in [0, 0.1) is 0 Å². The zero-order chi connectivity index (χ0) is 15.2. The molecule has 0 spiro atoms. The number of nitrogens with one attached hydrogen (secondary N) is 1. The summed E-state index contributed by atoms with van der Waals surface area (Å²) in [6.45, 7) is 3.70. The topological polar surface area (TPSA) is 38.3 Å². The summed E-state index contributed by atoms with van der Waals surface area (Å²) < 4.78 is 6.63. The second-order valence-corrected chi connectivity index (χ2v) is 5.77. The maximum atomic E-state index is 12.2. The second kappa shape index (κ2) is 7.27. The third-order valence-corrected chi connectivity index (χ3v) is 3.68. The number of hydrogen-bond acceptors (Lipinski definition) is 2. The van der Waals surface area contributed by atoms with Gasteiger partial charge in [-0.1, -0.05) is 46.3 Å². The van der Waals surface area contributed by atoms with Crippen LogP contribution in [0.3, 0.4) is 0 Å². The van der Waals surface area contributed by atoms with Crippen molar-refractivity contribution in [2.75, 3.05) is 0 Å². The van der Waals surface area contributed by atoms with E-state index in [1.54, 1.807) is 6.92 Å². The van der Waals surface area contributed by atoms with Crippen LogP contribution in [-0.4, -0.2) is 12.0 Å². The molecule has 0 saturated carbocycles. The van der Waals surface area contributed by atoms with Gasteiger partial charge < -0.3 is 10.1 Å². The van der Waals surface area contributed by atoms with Crippen molar-refractivity contribution in [3.63, 3.8) is 0 Å². The zero-order valence-corrected chi connectivity index (χ0v) is 13.6. The molecule has 1 N–H and O–H groups in total. The molecular weight excluding hydrogens is 330 g/mol. The Kier molecular flexibility index (Phi) is 5.39. The van der Waals surface area contributed by atoms with E-state index in [4.69, 9.17) is 4.74 Å². The van der Waals surface area contributed by atoms with Crippen LogP contribution in [0.5, 0.6) is 5.75 Å². The van der Waals surface area contributed by atoms with E-state index in [1.165, 1.54) is 0 Å². The van der Waals surface area contributed by atoms with Crippen molar-refractivity contribution < 1.29 is 9.53 Å². The number of para-hydroxylation sites is 1. The summed E-state index contributed by atoms with van der Waals surface area (Å²) in [6, 6.07) is 17.2. The highest BCUT2D eigenvalue weighted by molar-refractivity contribution is 9.10. The van der Waals surface area contributed by atoms with Crippen LogP contribution in [0.4, 0.5) is 0 Å². The lowest BCUT2D eigenvalue weighted by Crippen LogP contribution is -2.37. The van der Waals surface area contributed by atoms with Gasteiger partial charge in [-0.3, -0.25) is 4.79 Å². The number of carbonyl (C=O) groups is 1. The van der Waals surface area contributed by atoms with E-state index < -0.39 is 6.10 Å². The van der Waals surface area contributed by atoms with Crippen molar-refractivity contribution in [2.24, 2.45) is 0 Å². The van der Waals surface area contributed by atoms with Crippen molar-refractivity contribution in [2.45, 2.75) is 26.0 Å². The highest BCUT2D eigenvalue weighted by atomic mass is 79.9. The Morgan fingerprint density at radius 3 is 2.29 bits per heavy atom. The number of rotatable bonds is 5. The van der Waals surface area contributed by atoms with E-state index in [1.807, 2.05) is 61.5 Å². The Morgan fingerprint density at radius 1 is 1.05 bits per heavy atom. The third kappa shape index (κ3) is 4.60. The van der Waals surface area contributed by atoms with Gasteiger partial charge in [0, 0.05) is 4.47 Å². The fourth-order valence-corrected chi connectivity index (χ4v) is 2.19. The molecule has 0 saturated heterocycles. The van der Waals surface area contributed by atoms with Crippen LogP contribution in [0.1, 0.15) is 25.5 Å². The molecule has 0 heterocycles. The molecule has 0 aliphatic rings. The molecule has 2 aromatic rings. The Bertz CT molecular complexity index is 583. The Balaban J connectivity index is 1.92. The number of carbonyl (C=O) groups excluding carboxylic acids is 1. The monoisotopic (exact) mass is 347 g/mol. The lowest BCUT2D eigenvalue weighted by atomic mass is 10.1. The molecule has 110 valence electrons. The Hall–Kier alpha value is -1.81. The first kappa shape index (κ1) is 15.6. The highest BCUT2D eigenvalue weighted by Gasteiger charge is 2.17. The van der Waals surface area contributed by atoms with Crippen LogP contribution in [0.15, 0.2) is 59.1 Å². The average Bonchev–Trinajstić information content (AvgIpc) is 2.48. The van der Waals surface area contributed by atoms with Gasteiger partial charge in [0.1, 0.15) is 5.75 Å². The van der Waals surface area contributed by atoms with Crippen molar-refractivity contribution in [3.05, 3.63) is 64.6 Å². The van der Waals surface area contributed by atoms with E-state index in [0.717, 1.165) is 10.0 Å². The smallest absolute Gasteiger partial charge is 0.261 e. The number of amides is 1. The van der Waals surface area contributed by atoms with Crippen LogP contribution in [-0.2, 0) is 4.79 Å². The molecule has 0 aliphatic heterocycles. The molecule has 2 aromatic carbocycles. The molecule has 0 radical (unpaired) electrons. The highest BCUT2D eigenvalue weighted by Crippen LogP contribution is 2.17. The molecule has 1 amide bonds. The molecule has 2 rings (SSSR count). The quantitative estimate of drug-likeness (QED) is 0.884. The number of halogens is 1. The van der Waals surface area contributed by atoms with Gasteiger partial charge in [-0.05, 0) is 43.7 Å². The van der Waals surface area contributed by atoms with Crippen LogP contribution < -0.4 is 10.1 Å². The van der Waals surface area contributed by atoms with Crippen molar-refractivity contribution in [3.8, 4) is 5.75 Å². The minimum Gasteiger partial charge on any atom is -0.481 e.